The first-order valence-corrected chi connectivity index (χ1v) is 6.93. The molecule has 0 radical (unpaired) electrons. The summed E-state index contributed by atoms with van der Waals surface area (Å²) in [7, 11) is 0. The van der Waals surface area contributed by atoms with E-state index in [0.717, 1.165) is 12.8 Å². The number of nitrogens with one attached hydrogen (secondary N) is 1. The molecular weight excluding hydrogens is 222 g/mol. The van der Waals surface area contributed by atoms with E-state index in [0.29, 0.717) is 6.42 Å². The molecule has 0 bridgehead atoms. The van der Waals surface area contributed by atoms with E-state index in [1.54, 1.807) is 0 Å². The Balaban J connectivity index is 0.00000137. The first-order valence-electron chi connectivity index (χ1n) is 6.93. The third-order valence-electron chi connectivity index (χ3n) is 2.44. The van der Waals surface area contributed by atoms with Crippen LogP contribution >= 0.6 is 0 Å². The number of hydrogen-bond acceptors (Lipinski definition) is 1. The highest BCUT2D eigenvalue weighted by Crippen LogP contribution is 2.07. The summed E-state index contributed by atoms with van der Waals surface area (Å²) < 4.78 is 0. The molecule has 0 heterocycles. The second kappa shape index (κ2) is 9.69. The van der Waals surface area contributed by atoms with E-state index in [9.17, 15) is 4.79 Å². The van der Waals surface area contributed by atoms with Crippen molar-refractivity contribution in [1.82, 2.24) is 5.32 Å². The molecule has 102 valence electrons. The Morgan fingerprint density at radius 1 is 1.17 bits per heavy atom. The molecule has 0 atom stereocenters. The Morgan fingerprint density at radius 2 is 1.72 bits per heavy atom. The number of rotatable bonds is 5. The van der Waals surface area contributed by atoms with Gasteiger partial charge in [-0.25, -0.2) is 0 Å². The highest BCUT2D eigenvalue weighted by atomic mass is 16.1. The molecule has 0 aliphatic rings. The minimum Gasteiger partial charge on any atom is -0.354 e. The van der Waals surface area contributed by atoms with Crippen molar-refractivity contribution in [3.8, 4) is 0 Å². The summed E-state index contributed by atoms with van der Waals surface area (Å²) in [5, 5.41) is 2.90. The normalized spacial score (nSPS) is 9.67. The van der Waals surface area contributed by atoms with Gasteiger partial charge in [-0.2, -0.15) is 0 Å². The molecule has 0 spiro atoms. The van der Waals surface area contributed by atoms with Gasteiger partial charge in [-0.3, -0.25) is 4.79 Å². The van der Waals surface area contributed by atoms with Gasteiger partial charge in [0.15, 0.2) is 0 Å². The predicted molar refractivity (Wildman–Crippen MR) is 78.7 cm³/mol. The first-order chi connectivity index (χ1) is 8.58. The minimum atomic E-state index is 0.155. The van der Waals surface area contributed by atoms with Gasteiger partial charge in [-0.05, 0) is 39.2 Å². The Hall–Kier alpha value is -1.31. The molecule has 1 N–H and O–H groups in total. The van der Waals surface area contributed by atoms with Gasteiger partial charge in [0.1, 0.15) is 0 Å². The first kappa shape index (κ1) is 16.7. The van der Waals surface area contributed by atoms with Crippen LogP contribution in [-0.2, 0) is 11.2 Å². The Kier molecular flexibility index (Phi) is 8.99. The van der Waals surface area contributed by atoms with Gasteiger partial charge >= 0.3 is 0 Å². The molecule has 0 fully saturated rings. The predicted octanol–water partition coefficient (Wildman–Crippen LogP) is 3.87. The average molecular weight is 249 g/mol. The smallest absolute Gasteiger partial charge is 0.220 e. The maximum absolute atomic E-state index is 11.4. The molecule has 2 nitrogen and oxygen atoms in total. The SMILES string of the molecule is CC.Cc1ccc(CCCC(=O)NC(C)C)cc1. The Morgan fingerprint density at radius 3 is 2.22 bits per heavy atom. The summed E-state index contributed by atoms with van der Waals surface area (Å²) in [5.41, 5.74) is 2.59. The monoisotopic (exact) mass is 249 g/mol. The molecule has 0 unspecified atom stereocenters. The van der Waals surface area contributed by atoms with Crippen molar-refractivity contribution in [2.24, 2.45) is 0 Å². The second-order valence-corrected chi connectivity index (χ2v) is 4.56. The highest BCUT2D eigenvalue weighted by Gasteiger charge is 2.02. The van der Waals surface area contributed by atoms with Crippen LogP contribution < -0.4 is 5.32 Å². The molecule has 1 aromatic carbocycles. The summed E-state index contributed by atoms with van der Waals surface area (Å²) in [6.45, 7) is 10.1. The molecule has 0 aromatic heterocycles. The lowest BCUT2D eigenvalue weighted by Gasteiger charge is -2.07. The second-order valence-electron chi connectivity index (χ2n) is 4.56. The Bertz CT molecular complexity index is 327. The van der Waals surface area contributed by atoms with Gasteiger partial charge in [-0.15, -0.1) is 0 Å². The fourth-order valence-electron chi connectivity index (χ4n) is 1.60. The van der Waals surface area contributed by atoms with Crippen LogP contribution in [0.1, 0.15) is 51.7 Å². The molecule has 0 aliphatic heterocycles. The van der Waals surface area contributed by atoms with Gasteiger partial charge in [0, 0.05) is 12.5 Å². The highest BCUT2D eigenvalue weighted by molar-refractivity contribution is 5.76. The van der Waals surface area contributed by atoms with Crippen LogP contribution in [0.2, 0.25) is 0 Å². The van der Waals surface area contributed by atoms with E-state index >= 15 is 0 Å². The van der Waals surface area contributed by atoms with E-state index in [2.05, 4.69) is 36.5 Å². The molecule has 0 saturated heterocycles. The van der Waals surface area contributed by atoms with E-state index in [-0.39, 0.29) is 11.9 Å². The molecule has 1 amide bonds. The number of amides is 1. The quantitative estimate of drug-likeness (QED) is 0.843. The van der Waals surface area contributed by atoms with Crippen molar-refractivity contribution in [2.75, 3.05) is 0 Å². The van der Waals surface area contributed by atoms with Crippen molar-refractivity contribution >= 4 is 5.91 Å². The summed E-state index contributed by atoms with van der Waals surface area (Å²) in [5.74, 6) is 0.155. The van der Waals surface area contributed by atoms with Crippen molar-refractivity contribution in [3.63, 3.8) is 0 Å². The van der Waals surface area contributed by atoms with Crippen LogP contribution in [0, 0.1) is 6.92 Å². The Labute approximate surface area is 112 Å². The van der Waals surface area contributed by atoms with Crippen molar-refractivity contribution in [1.29, 1.82) is 0 Å². The van der Waals surface area contributed by atoms with Crippen LogP contribution in [0.25, 0.3) is 0 Å². The van der Waals surface area contributed by atoms with Crippen molar-refractivity contribution in [2.45, 2.75) is 59.9 Å². The molecule has 1 rings (SSSR count). The van der Waals surface area contributed by atoms with E-state index in [1.165, 1.54) is 11.1 Å². The number of aryl methyl sites for hydroxylation is 2. The zero-order chi connectivity index (χ0) is 14.0. The van der Waals surface area contributed by atoms with Crippen LogP contribution in [0.4, 0.5) is 0 Å². The summed E-state index contributed by atoms with van der Waals surface area (Å²) in [4.78, 5) is 11.4. The summed E-state index contributed by atoms with van der Waals surface area (Å²) >= 11 is 0. The standard InChI is InChI=1S/C14H21NO.C2H6/c1-11(2)15-14(16)6-4-5-13-9-7-12(3)8-10-13;1-2/h7-11H,4-6H2,1-3H3,(H,15,16);1-2H3. The molecule has 2 heteroatoms. The number of benzene rings is 1. The fraction of sp³-hybridized carbons (Fsp3) is 0.562. The van der Waals surface area contributed by atoms with E-state index < -0.39 is 0 Å². The fourth-order valence-corrected chi connectivity index (χ4v) is 1.60. The van der Waals surface area contributed by atoms with Crippen molar-refractivity contribution < 1.29 is 4.79 Å². The molecule has 0 saturated carbocycles. The van der Waals surface area contributed by atoms with E-state index in [1.807, 2.05) is 27.7 Å². The zero-order valence-electron chi connectivity index (χ0n) is 12.4. The van der Waals surface area contributed by atoms with Crippen LogP contribution in [-0.4, -0.2) is 11.9 Å². The summed E-state index contributed by atoms with van der Waals surface area (Å²) in [6.07, 6.45) is 2.51. The number of hydrogen-bond donors (Lipinski definition) is 1. The lowest BCUT2D eigenvalue weighted by atomic mass is 10.1. The van der Waals surface area contributed by atoms with Crippen LogP contribution in [0.5, 0.6) is 0 Å². The number of carbonyl (C=O) groups excluding carboxylic acids is 1. The van der Waals surface area contributed by atoms with Crippen molar-refractivity contribution in [3.05, 3.63) is 35.4 Å². The van der Waals surface area contributed by atoms with Gasteiger partial charge in [0.05, 0.1) is 0 Å². The maximum Gasteiger partial charge on any atom is 0.220 e. The lowest BCUT2D eigenvalue weighted by molar-refractivity contribution is -0.121. The maximum atomic E-state index is 11.4. The number of carbonyl (C=O) groups is 1. The van der Waals surface area contributed by atoms with E-state index in [4.69, 9.17) is 0 Å². The summed E-state index contributed by atoms with van der Waals surface area (Å²) in [6, 6.07) is 8.74. The lowest BCUT2D eigenvalue weighted by Crippen LogP contribution is -2.29. The van der Waals surface area contributed by atoms with Gasteiger partial charge in [-0.1, -0.05) is 43.7 Å². The zero-order valence-corrected chi connectivity index (χ0v) is 12.4. The average Bonchev–Trinajstić information content (AvgIpc) is 2.33. The van der Waals surface area contributed by atoms with Gasteiger partial charge < -0.3 is 5.32 Å². The topological polar surface area (TPSA) is 29.1 Å². The van der Waals surface area contributed by atoms with Crippen LogP contribution in [0.15, 0.2) is 24.3 Å². The molecule has 1 aromatic rings. The third-order valence-corrected chi connectivity index (χ3v) is 2.44. The molecule has 0 aliphatic carbocycles. The largest absolute Gasteiger partial charge is 0.354 e. The molecular formula is C16H27NO. The third kappa shape index (κ3) is 7.88. The van der Waals surface area contributed by atoms with Gasteiger partial charge in [0.2, 0.25) is 5.91 Å². The molecule has 18 heavy (non-hydrogen) atoms. The van der Waals surface area contributed by atoms with Crippen LogP contribution in [0.3, 0.4) is 0 Å². The van der Waals surface area contributed by atoms with Gasteiger partial charge in [0.25, 0.3) is 0 Å². The minimum absolute atomic E-state index is 0.155.